The van der Waals surface area contributed by atoms with Crippen molar-refractivity contribution in [3.63, 3.8) is 0 Å². The van der Waals surface area contributed by atoms with Crippen LogP contribution in [0.15, 0.2) is 12.1 Å². The van der Waals surface area contributed by atoms with Crippen LogP contribution in [-0.2, 0) is 4.74 Å². The summed E-state index contributed by atoms with van der Waals surface area (Å²) in [7, 11) is 0. The van der Waals surface area contributed by atoms with Crippen molar-refractivity contribution in [1.29, 1.82) is 0 Å². The predicted octanol–water partition coefficient (Wildman–Crippen LogP) is 0.350. The molecule has 1 aliphatic heterocycles. The average molecular weight is 211 g/mol. The van der Waals surface area contributed by atoms with Gasteiger partial charge in [0.2, 0.25) is 0 Å². The number of nitrogens with zero attached hydrogens (tertiary/aromatic N) is 2. The molecule has 1 saturated heterocycles. The van der Waals surface area contributed by atoms with Crippen molar-refractivity contribution in [2.45, 2.75) is 6.10 Å². The molecule has 1 fully saturated rings. The Bertz CT molecular complexity index is 391. The number of aromatic nitrogens is 1. The summed E-state index contributed by atoms with van der Waals surface area (Å²) >= 11 is 0. The van der Waals surface area contributed by atoms with Gasteiger partial charge in [-0.1, -0.05) is 0 Å². The molecule has 2 N–H and O–H groups in total. The normalized spacial score (nSPS) is 15.7. The number of ether oxygens (including phenoxy) is 2. The van der Waals surface area contributed by atoms with Gasteiger partial charge in [-0.15, -0.1) is 0 Å². The number of pyridine rings is 1. The van der Waals surface area contributed by atoms with E-state index in [0.29, 0.717) is 13.2 Å². The van der Waals surface area contributed by atoms with E-state index in [9.17, 15) is 10.1 Å². The fraction of sp³-hybridized carbons (Fsp3) is 0.375. The molecule has 80 valence electrons. The molecule has 0 aliphatic carbocycles. The standard InChI is InChI=1S/C8H9N3O4/c9-7-2-1-6(11(12)13)8(10-7)15-5-3-14-4-5/h1-2,5H,3-4H2,(H2,9,10). The minimum absolute atomic E-state index is 0.0479. The van der Waals surface area contributed by atoms with Gasteiger partial charge in [0.05, 0.1) is 18.1 Å². The highest BCUT2D eigenvalue weighted by atomic mass is 16.6. The highest BCUT2D eigenvalue weighted by Crippen LogP contribution is 2.27. The third kappa shape index (κ3) is 1.96. The molecule has 0 atom stereocenters. The molecule has 0 bridgehead atoms. The molecule has 0 radical (unpaired) electrons. The van der Waals surface area contributed by atoms with E-state index in [1.165, 1.54) is 12.1 Å². The summed E-state index contributed by atoms with van der Waals surface area (Å²) in [5.74, 6) is 0.143. The van der Waals surface area contributed by atoms with Crippen LogP contribution in [-0.4, -0.2) is 29.2 Å². The number of hydrogen-bond donors (Lipinski definition) is 1. The molecule has 0 unspecified atom stereocenters. The Morgan fingerprint density at radius 3 is 2.87 bits per heavy atom. The van der Waals surface area contributed by atoms with Crippen LogP contribution in [0.5, 0.6) is 5.88 Å². The van der Waals surface area contributed by atoms with Crippen LogP contribution >= 0.6 is 0 Å². The van der Waals surface area contributed by atoms with Crippen LogP contribution in [0.25, 0.3) is 0 Å². The minimum atomic E-state index is -0.554. The zero-order valence-corrected chi connectivity index (χ0v) is 7.75. The first-order valence-electron chi connectivity index (χ1n) is 4.32. The van der Waals surface area contributed by atoms with Gasteiger partial charge in [0, 0.05) is 6.07 Å². The first-order chi connectivity index (χ1) is 7.16. The summed E-state index contributed by atoms with van der Waals surface area (Å²) in [5, 5.41) is 10.6. The second-order valence-corrected chi connectivity index (χ2v) is 3.09. The van der Waals surface area contributed by atoms with Crippen molar-refractivity contribution in [3.05, 3.63) is 22.2 Å². The molecular weight excluding hydrogens is 202 g/mol. The predicted molar refractivity (Wildman–Crippen MR) is 50.5 cm³/mol. The Balaban J connectivity index is 2.24. The molecule has 0 spiro atoms. The van der Waals surface area contributed by atoms with Crippen molar-refractivity contribution in [1.82, 2.24) is 4.98 Å². The second-order valence-electron chi connectivity index (χ2n) is 3.09. The number of nitrogens with two attached hydrogens (primary N) is 1. The molecule has 0 saturated carbocycles. The minimum Gasteiger partial charge on any atom is -0.465 e. The summed E-state index contributed by atoms with van der Waals surface area (Å²) in [6.45, 7) is 0.848. The first-order valence-corrected chi connectivity index (χ1v) is 4.32. The van der Waals surface area contributed by atoms with E-state index in [4.69, 9.17) is 15.2 Å². The van der Waals surface area contributed by atoms with E-state index in [1.54, 1.807) is 0 Å². The lowest BCUT2D eigenvalue weighted by atomic mass is 10.3. The molecule has 1 aliphatic rings. The monoisotopic (exact) mass is 211 g/mol. The zero-order valence-electron chi connectivity index (χ0n) is 7.75. The van der Waals surface area contributed by atoms with Crippen LogP contribution in [0.3, 0.4) is 0 Å². The van der Waals surface area contributed by atoms with Gasteiger partial charge in [-0.2, -0.15) is 4.98 Å². The van der Waals surface area contributed by atoms with Gasteiger partial charge >= 0.3 is 5.69 Å². The van der Waals surface area contributed by atoms with E-state index in [-0.39, 0.29) is 23.5 Å². The number of rotatable bonds is 3. The summed E-state index contributed by atoms with van der Waals surface area (Å²) in [6, 6.07) is 2.64. The van der Waals surface area contributed by atoms with Crippen LogP contribution in [0.1, 0.15) is 0 Å². The van der Waals surface area contributed by atoms with Gasteiger partial charge in [0.1, 0.15) is 11.9 Å². The molecule has 0 aromatic carbocycles. The third-order valence-electron chi connectivity index (χ3n) is 1.94. The Kier molecular flexibility index (Phi) is 2.38. The Morgan fingerprint density at radius 1 is 1.60 bits per heavy atom. The maximum atomic E-state index is 10.6. The lowest BCUT2D eigenvalue weighted by Gasteiger charge is -2.25. The highest BCUT2D eigenvalue weighted by molar-refractivity contribution is 5.47. The molecule has 7 nitrogen and oxygen atoms in total. The van der Waals surface area contributed by atoms with Crippen LogP contribution in [0, 0.1) is 10.1 Å². The first kappa shape index (κ1) is 9.66. The highest BCUT2D eigenvalue weighted by Gasteiger charge is 2.25. The summed E-state index contributed by atoms with van der Waals surface area (Å²) < 4.78 is 10.1. The lowest BCUT2D eigenvalue weighted by molar-refractivity contribution is -0.386. The van der Waals surface area contributed by atoms with E-state index < -0.39 is 4.92 Å². The zero-order chi connectivity index (χ0) is 10.8. The molecule has 2 rings (SSSR count). The topological polar surface area (TPSA) is 101 Å². The fourth-order valence-electron chi connectivity index (χ4n) is 1.11. The smallest absolute Gasteiger partial charge is 0.331 e. The van der Waals surface area contributed by atoms with Gasteiger partial charge in [-0.3, -0.25) is 10.1 Å². The van der Waals surface area contributed by atoms with Crippen molar-refractivity contribution in [2.24, 2.45) is 0 Å². The maximum absolute atomic E-state index is 10.6. The maximum Gasteiger partial charge on any atom is 0.331 e. The van der Waals surface area contributed by atoms with Crippen molar-refractivity contribution in [3.8, 4) is 5.88 Å². The SMILES string of the molecule is Nc1ccc([N+](=O)[O-])c(OC2COC2)n1. The molecule has 7 heteroatoms. The van der Waals surface area contributed by atoms with Crippen molar-refractivity contribution in [2.75, 3.05) is 18.9 Å². The van der Waals surface area contributed by atoms with E-state index >= 15 is 0 Å². The Labute approximate surface area is 85.0 Å². The van der Waals surface area contributed by atoms with E-state index in [2.05, 4.69) is 4.98 Å². The molecule has 1 aromatic heterocycles. The molecule has 1 aromatic rings. The molecule has 0 amide bonds. The third-order valence-corrected chi connectivity index (χ3v) is 1.94. The van der Waals surface area contributed by atoms with Crippen molar-refractivity contribution < 1.29 is 14.4 Å². The number of nitro groups is 1. The molecule has 2 heterocycles. The summed E-state index contributed by atoms with van der Waals surface area (Å²) in [5.41, 5.74) is 5.23. The van der Waals surface area contributed by atoms with Crippen molar-refractivity contribution >= 4 is 11.5 Å². The summed E-state index contributed by atoms with van der Waals surface area (Å²) in [4.78, 5) is 13.9. The Hall–Kier alpha value is -1.89. The lowest BCUT2D eigenvalue weighted by Crippen LogP contribution is -2.38. The van der Waals surface area contributed by atoms with Gasteiger partial charge in [-0.05, 0) is 6.07 Å². The largest absolute Gasteiger partial charge is 0.465 e. The van der Waals surface area contributed by atoms with Gasteiger partial charge in [0.15, 0.2) is 0 Å². The summed E-state index contributed by atoms with van der Waals surface area (Å²) in [6.07, 6.45) is -0.169. The fourth-order valence-corrected chi connectivity index (χ4v) is 1.11. The molecule has 15 heavy (non-hydrogen) atoms. The van der Waals surface area contributed by atoms with Gasteiger partial charge < -0.3 is 15.2 Å². The van der Waals surface area contributed by atoms with Gasteiger partial charge in [0.25, 0.3) is 5.88 Å². The van der Waals surface area contributed by atoms with E-state index in [1.807, 2.05) is 0 Å². The molecular formula is C8H9N3O4. The van der Waals surface area contributed by atoms with E-state index in [0.717, 1.165) is 0 Å². The second kappa shape index (κ2) is 3.70. The quantitative estimate of drug-likeness (QED) is 0.571. The number of nitrogen functional groups attached to an aromatic ring is 1. The van der Waals surface area contributed by atoms with Crippen LogP contribution < -0.4 is 10.5 Å². The number of anilines is 1. The van der Waals surface area contributed by atoms with Crippen LogP contribution in [0.4, 0.5) is 11.5 Å². The van der Waals surface area contributed by atoms with Crippen LogP contribution in [0.2, 0.25) is 0 Å². The van der Waals surface area contributed by atoms with Gasteiger partial charge in [-0.25, -0.2) is 0 Å². The number of hydrogen-bond acceptors (Lipinski definition) is 6. The Morgan fingerprint density at radius 2 is 2.33 bits per heavy atom. The average Bonchev–Trinajstić information content (AvgIpc) is 2.11.